The van der Waals surface area contributed by atoms with Crippen LogP contribution in [0.15, 0.2) is 0 Å². The summed E-state index contributed by atoms with van der Waals surface area (Å²) < 4.78 is 22.5. The lowest BCUT2D eigenvalue weighted by Gasteiger charge is -2.42. The van der Waals surface area contributed by atoms with Crippen molar-refractivity contribution in [1.82, 2.24) is 10.2 Å². The van der Waals surface area contributed by atoms with Crippen LogP contribution in [0.1, 0.15) is 27.2 Å². The van der Waals surface area contributed by atoms with Crippen molar-refractivity contribution < 1.29 is 8.42 Å². The maximum atomic E-state index is 11.3. The monoisotopic (exact) mass is 262 g/mol. The molecular weight excluding hydrogens is 236 g/mol. The fourth-order valence-electron chi connectivity index (χ4n) is 2.38. The highest BCUT2D eigenvalue weighted by Gasteiger charge is 2.29. The zero-order valence-corrected chi connectivity index (χ0v) is 12.3. The van der Waals surface area contributed by atoms with Gasteiger partial charge in [0, 0.05) is 38.0 Å². The van der Waals surface area contributed by atoms with Crippen molar-refractivity contribution in [2.75, 3.05) is 31.6 Å². The quantitative estimate of drug-likeness (QED) is 0.794. The molecule has 1 aliphatic heterocycles. The predicted octanol–water partition coefficient (Wildman–Crippen LogP) is 0.739. The van der Waals surface area contributed by atoms with Crippen molar-refractivity contribution in [1.29, 1.82) is 0 Å². The first-order valence-electron chi connectivity index (χ1n) is 6.48. The lowest BCUT2D eigenvalue weighted by molar-refractivity contribution is 0.102. The van der Waals surface area contributed by atoms with Gasteiger partial charge in [-0.1, -0.05) is 20.3 Å². The molecule has 3 atom stereocenters. The second-order valence-corrected chi connectivity index (χ2v) is 7.65. The van der Waals surface area contributed by atoms with Crippen molar-refractivity contribution in [3.63, 3.8) is 0 Å². The van der Waals surface area contributed by atoms with E-state index in [1.165, 1.54) is 6.26 Å². The summed E-state index contributed by atoms with van der Waals surface area (Å²) in [5, 5.41) is 3.48. The number of nitrogens with zero attached hydrogens (tertiary/aromatic N) is 1. The van der Waals surface area contributed by atoms with E-state index in [1.807, 2.05) is 0 Å². The van der Waals surface area contributed by atoms with Gasteiger partial charge in [0.2, 0.25) is 0 Å². The van der Waals surface area contributed by atoms with Crippen molar-refractivity contribution in [3.05, 3.63) is 0 Å². The van der Waals surface area contributed by atoms with Gasteiger partial charge in [-0.2, -0.15) is 0 Å². The molecule has 0 aromatic heterocycles. The summed E-state index contributed by atoms with van der Waals surface area (Å²) in [4.78, 5) is 2.34. The van der Waals surface area contributed by atoms with Gasteiger partial charge in [-0.25, -0.2) is 8.42 Å². The van der Waals surface area contributed by atoms with E-state index in [-0.39, 0.29) is 5.75 Å². The minimum Gasteiger partial charge on any atom is -0.311 e. The summed E-state index contributed by atoms with van der Waals surface area (Å²) in [6, 6.07) is 0.924. The average Bonchev–Trinajstić information content (AvgIpc) is 2.24. The van der Waals surface area contributed by atoms with Gasteiger partial charge < -0.3 is 5.32 Å². The third-order valence-electron chi connectivity index (χ3n) is 3.70. The summed E-state index contributed by atoms with van der Waals surface area (Å²) >= 11 is 0. The molecule has 1 saturated heterocycles. The number of piperazine rings is 1. The topological polar surface area (TPSA) is 49.4 Å². The Balaban J connectivity index is 2.61. The van der Waals surface area contributed by atoms with Crippen LogP contribution in [-0.2, 0) is 9.84 Å². The maximum Gasteiger partial charge on any atom is 0.148 e. The molecule has 0 aromatic carbocycles. The highest BCUT2D eigenvalue weighted by molar-refractivity contribution is 7.90. The highest BCUT2D eigenvalue weighted by Crippen LogP contribution is 2.17. The molecule has 1 aliphatic rings. The average molecular weight is 262 g/mol. The third kappa shape index (κ3) is 4.94. The second-order valence-electron chi connectivity index (χ2n) is 5.39. The highest BCUT2D eigenvalue weighted by atomic mass is 32.2. The Hall–Kier alpha value is -0.130. The molecule has 0 radical (unpaired) electrons. The molecule has 0 amide bonds. The molecular formula is C12H26N2O2S. The van der Waals surface area contributed by atoms with Gasteiger partial charge in [-0.05, 0) is 12.8 Å². The van der Waals surface area contributed by atoms with E-state index >= 15 is 0 Å². The first-order valence-corrected chi connectivity index (χ1v) is 8.54. The Kier molecular flexibility index (Phi) is 5.41. The first kappa shape index (κ1) is 14.9. The molecule has 102 valence electrons. The first-order chi connectivity index (χ1) is 7.83. The van der Waals surface area contributed by atoms with E-state index in [0.717, 1.165) is 19.5 Å². The van der Waals surface area contributed by atoms with Gasteiger partial charge in [-0.15, -0.1) is 0 Å². The Morgan fingerprint density at radius 1 is 1.47 bits per heavy atom. The molecule has 1 fully saturated rings. The second kappa shape index (κ2) is 6.16. The fourth-order valence-corrected chi connectivity index (χ4v) is 2.94. The van der Waals surface area contributed by atoms with Crippen LogP contribution in [0.25, 0.3) is 0 Å². The Morgan fingerprint density at radius 3 is 2.65 bits per heavy atom. The number of hydrogen-bond donors (Lipinski definition) is 1. The number of hydrogen-bond acceptors (Lipinski definition) is 4. The maximum absolute atomic E-state index is 11.3. The third-order valence-corrected chi connectivity index (χ3v) is 4.63. The van der Waals surface area contributed by atoms with Crippen molar-refractivity contribution >= 4 is 9.84 Å². The van der Waals surface area contributed by atoms with Crippen LogP contribution < -0.4 is 5.32 Å². The van der Waals surface area contributed by atoms with E-state index in [0.29, 0.717) is 24.5 Å². The summed E-state index contributed by atoms with van der Waals surface area (Å²) in [6.45, 7) is 9.18. The minimum atomic E-state index is -2.86. The minimum absolute atomic E-state index is 0.270. The van der Waals surface area contributed by atoms with E-state index in [4.69, 9.17) is 0 Å². The zero-order chi connectivity index (χ0) is 13.1. The van der Waals surface area contributed by atoms with E-state index < -0.39 is 9.84 Å². The van der Waals surface area contributed by atoms with Crippen molar-refractivity contribution in [3.8, 4) is 0 Å². The van der Waals surface area contributed by atoms with Gasteiger partial charge in [0.05, 0.1) is 5.75 Å². The molecule has 1 heterocycles. The molecule has 1 rings (SSSR count). The zero-order valence-electron chi connectivity index (χ0n) is 11.4. The smallest absolute Gasteiger partial charge is 0.148 e. The van der Waals surface area contributed by atoms with Crippen molar-refractivity contribution in [2.24, 2.45) is 5.92 Å². The predicted molar refractivity (Wildman–Crippen MR) is 72.0 cm³/mol. The Labute approximate surface area is 106 Å². The Morgan fingerprint density at radius 2 is 2.12 bits per heavy atom. The molecule has 0 bridgehead atoms. The molecule has 4 nitrogen and oxygen atoms in total. The van der Waals surface area contributed by atoms with Crippen LogP contribution in [0.4, 0.5) is 0 Å². The van der Waals surface area contributed by atoms with E-state index in [1.54, 1.807) is 0 Å². The fraction of sp³-hybridized carbons (Fsp3) is 1.00. The Bertz CT molecular complexity index is 329. The van der Waals surface area contributed by atoms with Gasteiger partial charge in [0.15, 0.2) is 0 Å². The molecule has 17 heavy (non-hydrogen) atoms. The lowest BCUT2D eigenvalue weighted by Crippen LogP contribution is -2.58. The standard InChI is InChI=1S/C12H26N2O2S/c1-5-10(2)12-8-13-11(3)9-14(12)6-7-17(4,15)16/h10-13H,5-9H2,1-4H3. The largest absolute Gasteiger partial charge is 0.311 e. The van der Waals surface area contributed by atoms with Gasteiger partial charge in [-0.3, -0.25) is 4.90 Å². The molecule has 0 saturated carbocycles. The van der Waals surface area contributed by atoms with Crippen LogP contribution in [-0.4, -0.2) is 57.0 Å². The van der Waals surface area contributed by atoms with Gasteiger partial charge in [0.1, 0.15) is 9.84 Å². The number of sulfone groups is 1. The van der Waals surface area contributed by atoms with Crippen LogP contribution in [0.5, 0.6) is 0 Å². The lowest BCUT2D eigenvalue weighted by atomic mass is 9.95. The van der Waals surface area contributed by atoms with Gasteiger partial charge >= 0.3 is 0 Å². The van der Waals surface area contributed by atoms with Crippen LogP contribution in [0.2, 0.25) is 0 Å². The summed E-state index contributed by atoms with van der Waals surface area (Å²) in [6.07, 6.45) is 2.45. The van der Waals surface area contributed by atoms with Crippen molar-refractivity contribution in [2.45, 2.75) is 39.3 Å². The normalized spacial score (nSPS) is 29.2. The van der Waals surface area contributed by atoms with Gasteiger partial charge in [0.25, 0.3) is 0 Å². The summed E-state index contributed by atoms with van der Waals surface area (Å²) in [5.41, 5.74) is 0. The van der Waals surface area contributed by atoms with Crippen LogP contribution >= 0.6 is 0 Å². The molecule has 0 spiro atoms. The number of nitrogens with one attached hydrogen (secondary N) is 1. The molecule has 1 N–H and O–H groups in total. The summed E-state index contributed by atoms with van der Waals surface area (Å²) in [7, 11) is -2.86. The SMILES string of the molecule is CCC(C)C1CNC(C)CN1CCS(C)(=O)=O. The molecule has 5 heteroatoms. The summed E-state index contributed by atoms with van der Waals surface area (Å²) in [5.74, 6) is 0.877. The van der Waals surface area contributed by atoms with E-state index in [9.17, 15) is 8.42 Å². The van der Waals surface area contributed by atoms with Crippen LogP contribution in [0.3, 0.4) is 0 Å². The molecule has 0 aromatic rings. The molecule has 3 unspecified atom stereocenters. The van der Waals surface area contributed by atoms with Crippen LogP contribution in [0, 0.1) is 5.92 Å². The molecule has 0 aliphatic carbocycles. The van der Waals surface area contributed by atoms with E-state index in [2.05, 4.69) is 31.0 Å². The number of rotatable bonds is 5.